The molecule has 0 aliphatic heterocycles. The number of hydrogen-bond acceptors (Lipinski definition) is 3. The summed E-state index contributed by atoms with van der Waals surface area (Å²) in [5.74, 6) is 0.171. The molecule has 0 saturated heterocycles. The van der Waals surface area contributed by atoms with E-state index in [1.165, 1.54) is 18.4 Å². The Morgan fingerprint density at radius 3 is 2.76 bits per heavy atom. The SMILES string of the molecule is Cc1cnn([C@H](C)[C@@H](C)NCCC(=O)NC2CCCC2)c1. The van der Waals surface area contributed by atoms with Crippen molar-refractivity contribution in [1.29, 1.82) is 0 Å². The van der Waals surface area contributed by atoms with Crippen molar-refractivity contribution in [1.82, 2.24) is 20.4 Å². The monoisotopic (exact) mass is 292 g/mol. The van der Waals surface area contributed by atoms with E-state index >= 15 is 0 Å². The summed E-state index contributed by atoms with van der Waals surface area (Å²) in [6.07, 6.45) is 9.26. The van der Waals surface area contributed by atoms with Crippen molar-refractivity contribution in [3.05, 3.63) is 18.0 Å². The van der Waals surface area contributed by atoms with Crippen molar-refractivity contribution < 1.29 is 4.79 Å². The van der Waals surface area contributed by atoms with E-state index in [-0.39, 0.29) is 18.0 Å². The lowest BCUT2D eigenvalue weighted by Gasteiger charge is -2.22. The maximum Gasteiger partial charge on any atom is 0.221 e. The van der Waals surface area contributed by atoms with Crippen molar-refractivity contribution in [2.24, 2.45) is 0 Å². The molecule has 1 aromatic heterocycles. The lowest BCUT2D eigenvalue weighted by Crippen LogP contribution is -2.38. The van der Waals surface area contributed by atoms with E-state index in [1.807, 2.05) is 17.8 Å². The molecular formula is C16H28N4O. The Balaban J connectivity index is 1.66. The lowest BCUT2D eigenvalue weighted by molar-refractivity contribution is -0.121. The molecule has 118 valence electrons. The van der Waals surface area contributed by atoms with Crippen LogP contribution in [0.2, 0.25) is 0 Å². The number of hydrogen-bond donors (Lipinski definition) is 2. The molecule has 2 N–H and O–H groups in total. The van der Waals surface area contributed by atoms with Gasteiger partial charge in [-0.05, 0) is 39.2 Å². The van der Waals surface area contributed by atoms with Crippen molar-refractivity contribution in [2.75, 3.05) is 6.54 Å². The number of amides is 1. The van der Waals surface area contributed by atoms with Crippen LogP contribution in [-0.2, 0) is 4.79 Å². The van der Waals surface area contributed by atoms with Gasteiger partial charge in [0.15, 0.2) is 0 Å². The van der Waals surface area contributed by atoms with E-state index < -0.39 is 0 Å². The van der Waals surface area contributed by atoms with Crippen LogP contribution in [0.5, 0.6) is 0 Å². The van der Waals surface area contributed by atoms with Crippen molar-refractivity contribution in [3.8, 4) is 0 Å². The van der Waals surface area contributed by atoms with Gasteiger partial charge in [-0.15, -0.1) is 0 Å². The molecule has 2 atom stereocenters. The molecule has 1 aromatic rings. The summed E-state index contributed by atoms with van der Waals surface area (Å²) in [5.41, 5.74) is 1.17. The second-order valence-electron chi connectivity index (χ2n) is 6.28. The van der Waals surface area contributed by atoms with Crippen LogP contribution < -0.4 is 10.6 Å². The maximum absolute atomic E-state index is 11.9. The molecule has 1 heterocycles. The Bertz CT molecular complexity index is 451. The molecule has 21 heavy (non-hydrogen) atoms. The first kappa shape index (κ1) is 16.0. The van der Waals surface area contributed by atoms with Gasteiger partial charge in [0, 0.05) is 31.2 Å². The third-order valence-electron chi connectivity index (χ3n) is 4.41. The van der Waals surface area contributed by atoms with Gasteiger partial charge in [0.2, 0.25) is 5.91 Å². The molecule has 5 heteroatoms. The highest BCUT2D eigenvalue weighted by Crippen LogP contribution is 2.17. The van der Waals surface area contributed by atoms with Gasteiger partial charge in [-0.1, -0.05) is 12.8 Å². The highest BCUT2D eigenvalue weighted by molar-refractivity contribution is 5.76. The minimum atomic E-state index is 0.171. The number of nitrogens with zero attached hydrogens (tertiary/aromatic N) is 2. The van der Waals surface area contributed by atoms with Crippen molar-refractivity contribution in [2.45, 2.75) is 71.0 Å². The Kier molecular flexibility index (Phi) is 5.79. The first-order chi connectivity index (χ1) is 10.1. The number of aromatic nitrogens is 2. The van der Waals surface area contributed by atoms with Crippen LogP contribution in [0.15, 0.2) is 12.4 Å². The maximum atomic E-state index is 11.9. The average molecular weight is 292 g/mol. The average Bonchev–Trinajstić information content (AvgIpc) is 3.09. The molecule has 2 rings (SSSR count). The molecule has 1 aliphatic carbocycles. The molecule has 0 radical (unpaired) electrons. The molecule has 1 fully saturated rings. The van der Waals surface area contributed by atoms with E-state index in [2.05, 4.69) is 35.8 Å². The van der Waals surface area contributed by atoms with E-state index in [0.29, 0.717) is 19.0 Å². The molecule has 1 aliphatic rings. The van der Waals surface area contributed by atoms with Crippen LogP contribution in [0.1, 0.15) is 57.6 Å². The van der Waals surface area contributed by atoms with Crippen LogP contribution >= 0.6 is 0 Å². The van der Waals surface area contributed by atoms with Crippen LogP contribution in [0.25, 0.3) is 0 Å². The van der Waals surface area contributed by atoms with Gasteiger partial charge in [-0.2, -0.15) is 5.10 Å². The van der Waals surface area contributed by atoms with Crippen LogP contribution in [0, 0.1) is 6.92 Å². The molecule has 1 amide bonds. The number of nitrogens with one attached hydrogen (secondary N) is 2. The zero-order valence-electron chi connectivity index (χ0n) is 13.4. The zero-order valence-corrected chi connectivity index (χ0v) is 13.4. The van der Waals surface area contributed by atoms with Gasteiger partial charge < -0.3 is 10.6 Å². The Morgan fingerprint density at radius 1 is 1.43 bits per heavy atom. The Morgan fingerprint density at radius 2 is 2.14 bits per heavy atom. The number of carbonyl (C=O) groups is 1. The van der Waals surface area contributed by atoms with Crippen molar-refractivity contribution >= 4 is 5.91 Å². The molecule has 1 saturated carbocycles. The smallest absolute Gasteiger partial charge is 0.221 e. The normalized spacial score (nSPS) is 18.6. The van der Waals surface area contributed by atoms with Crippen LogP contribution in [0.4, 0.5) is 0 Å². The summed E-state index contributed by atoms with van der Waals surface area (Å²) in [6.45, 7) is 7.03. The predicted molar refractivity (Wildman–Crippen MR) is 84.2 cm³/mol. The second kappa shape index (κ2) is 7.59. The predicted octanol–water partition coefficient (Wildman–Crippen LogP) is 2.18. The standard InChI is InChI=1S/C16H28N4O/c1-12-10-18-20(11-12)14(3)13(2)17-9-8-16(21)19-15-6-4-5-7-15/h10-11,13-15,17H,4-9H2,1-3H3,(H,19,21)/t13-,14-/m1/s1. The summed E-state index contributed by atoms with van der Waals surface area (Å²) < 4.78 is 1.98. The van der Waals surface area contributed by atoms with E-state index in [4.69, 9.17) is 0 Å². The van der Waals surface area contributed by atoms with Gasteiger partial charge in [-0.3, -0.25) is 9.48 Å². The molecular weight excluding hydrogens is 264 g/mol. The Hall–Kier alpha value is -1.36. The van der Waals surface area contributed by atoms with Gasteiger partial charge in [0.05, 0.1) is 12.2 Å². The zero-order chi connectivity index (χ0) is 15.2. The molecule has 5 nitrogen and oxygen atoms in total. The number of carbonyl (C=O) groups excluding carboxylic acids is 1. The first-order valence-corrected chi connectivity index (χ1v) is 8.10. The quantitative estimate of drug-likeness (QED) is 0.810. The highest BCUT2D eigenvalue weighted by atomic mass is 16.1. The van der Waals surface area contributed by atoms with Crippen molar-refractivity contribution in [3.63, 3.8) is 0 Å². The fourth-order valence-corrected chi connectivity index (χ4v) is 2.84. The van der Waals surface area contributed by atoms with Crippen LogP contribution in [0.3, 0.4) is 0 Å². The fraction of sp³-hybridized carbons (Fsp3) is 0.750. The van der Waals surface area contributed by atoms with E-state index in [1.54, 1.807) is 0 Å². The second-order valence-corrected chi connectivity index (χ2v) is 6.28. The summed E-state index contributed by atoms with van der Waals surface area (Å²) in [6, 6.07) is 0.973. The molecule has 0 bridgehead atoms. The molecule has 0 unspecified atom stereocenters. The minimum absolute atomic E-state index is 0.171. The summed E-state index contributed by atoms with van der Waals surface area (Å²) in [4.78, 5) is 11.9. The van der Waals surface area contributed by atoms with E-state index in [0.717, 1.165) is 12.8 Å². The largest absolute Gasteiger partial charge is 0.353 e. The number of rotatable bonds is 7. The van der Waals surface area contributed by atoms with Gasteiger partial charge in [-0.25, -0.2) is 0 Å². The van der Waals surface area contributed by atoms with E-state index in [9.17, 15) is 4.79 Å². The fourth-order valence-electron chi connectivity index (χ4n) is 2.84. The molecule has 0 spiro atoms. The Labute approximate surface area is 127 Å². The number of aryl methyl sites for hydroxylation is 1. The summed E-state index contributed by atoms with van der Waals surface area (Å²) >= 11 is 0. The summed E-state index contributed by atoms with van der Waals surface area (Å²) in [5, 5.41) is 10.9. The first-order valence-electron chi connectivity index (χ1n) is 8.10. The highest BCUT2D eigenvalue weighted by Gasteiger charge is 2.18. The van der Waals surface area contributed by atoms with Gasteiger partial charge >= 0.3 is 0 Å². The third-order valence-corrected chi connectivity index (χ3v) is 4.41. The van der Waals surface area contributed by atoms with Crippen LogP contribution in [-0.4, -0.2) is 34.3 Å². The lowest BCUT2D eigenvalue weighted by atomic mass is 10.1. The third kappa shape index (κ3) is 4.84. The van der Waals surface area contributed by atoms with Gasteiger partial charge in [0.1, 0.15) is 0 Å². The molecule has 0 aromatic carbocycles. The summed E-state index contributed by atoms with van der Waals surface area (Å²) in [7, 11) is 0. The minimum Gasteiger partial charge on any atom is -0.353 e. The van der Waals surface area contributed by atoms with Gasteiger partial charge in [0.25, 0.3) is 0 Å². The topological polar surface area (TPSA) is 59.0 Å².